The number of non-ortho nitro benzene ring substituents is 1. The van der Waals surface area contributed by atoms with Crippen LogP contribution in [-0.4, -0.2) is 10.8 Å². The van der Waals surface area contributed by atoms with Gasteiger partial charge in [-0.05, 0) is 36.8 Å². The van der Waals surface area contributed by atoms with Crippen LogP contribution in [0.1, 0.15) is 21.5 Å². The lowest BCUT2D eigenvalue weighted by Crippen LogP contribution is -2.13. The molecule has 0 aliphatic rings. The van der Waals surface area contributed by atoms with Gasteiger partial charge in [0.1, 0.15) is 0 Å². The van der Waals surface area contributed by atoms with Gasteiger partial charge in [0.15, 0.2) is 0 Å². The largest absolute Gasteiger partial charge is 0.416 e. The summed E-state index contributed by atoms with van der Waals surface area (Å²) in [5, 5.41) is 13.2. The van der Waals surface area contributed by atoms with Crippen LogP contribution in [-0.2, 0) is 6.18 Å². The number of carbonyl (C=O) groups excluding carboxylic acids is 1. The van der Waals surface area contributed by atoms with Gasteiger partial charge in [0.25, 0.3) is 11.6 Å². The minimum absolute atomic E-state index is 0.0175. The molecule has 120 valence electrons. The van der Waals surface area contributed by atoms with Crippen LogP contribution in [0.3, 0.4) is 0 Å². The Balaban J connectivity index is 2.22. The number of aryl methyl sites for hydroxylation is 1. The highest BCUT2D eigenvalue weighted by atomic mass is 19.4. The number of amides is 1. The molecule has 0 aliphatic heterocycles. The van der Waals surface area contributed by atoms with Crippen molar-refractivity contribution in [3.63, 3.8) is 0 Å². The van der Waals surface area contributed by atoms with Gasteiger partial charge in [0, 0.05) is 17.7 Å². The third-order valence-corrected chi connectivity index (χ3v) is 3.15. The molecule has 2 aromatic rings. The van der Waals surface area contributed by atoms with Crippen molar-refractivity contribution in [3.05, 3.63) is 69.3 Å². The van der Waals surface area contributed by atoms with E-state index in [9.17, 15) is 28.1 Å². The minimum Gasteiger partial charge on any atom is -0.321 e. The van der Waals surface area contributed by atoms with Crippen LogP contribution < -0.4 is 5.32 Å². The van der Waals surface area contributed by atoms with E-state index in [1.54, 1.807) is 6.92 Å². The minimum atomic E-state index is -4.48. The number of nitrogens with zero attached hydrogens (tertiary/aromatic N) is 1. The fraction of sp³-hybridized carbons (Fsp3) is 0.133. The second-order valence-corrected chi connectivity index (χ2v) is 4.79. The third kappa shape index (κ3) is 3.85. The number of alkyl halides is 3. The van der Waals surface area contributed by atoms with Crippen molar-refractivity contribution < 1.29 is 22.9 Å². The molecule has 8 heteroatoms. The van der Waals surface area contributed by atoms with Crippen molar-refractivity contribution in [2.24, 2.45) is 0 Å². The summed E-state index contributed by atoms with van der Waals surface area (Å²) in [6.07, 6.45) is -4.48. The first-order valence-electron chi connectivity index (χ1n) is 6.42. The number of anilines is 1. The van der Waals surface area contributed by atoms with Gasteiger partial charge in [-0.1, -0.05) is 6.07 Å². The van der Waals surface area contributed by atoms with Crippen LogP contribution >= 0.6 is 0 Å². The summed E-state index contributed by atoms with van der Waals surface area (Å²) in [6.45, 7) is 1.64. The van der Waals surface area contributed by atoms with E-state index in [0.717, 1.165) is 24.3 Å². The van der Waals surface area contributed by atoms with Crippen molar-refractivity contribution in [2.75, 3.05) is 5.32 Å². The van der Waals surface area contributed by atoms with Crippen LogP contribution in [0, 0.1) is 17.0 Å². The fourth-order valence-electron chi connectivity index (χ4n) is 1.86. The lowest BCUT2D eigenvalue weighted by atomic mass is 10.1. The first kappa shape index (κ1) is 16.5. The summed E-state index contributed by atoms with van der Waals surface area (Å²) in [5.74, 6) is -0.651. The van der Waals surface area contributed by atoms with E-state index in [2.05, 4.69) is 5.32 Å². The third-order valence-electron chi connectivity index (χ3n) is 3.15. The van der Waals surface area contributed by atoms with Gasteiger partial charge in [0.05, 0.1) is 16.2 Å². The molecule has 0 spiro atoms. The summed E-state index contributed by atoms with van der Waals surface area (Å²) >= 11 is 0. The van der Waals surface area contributed by atoms with E-state index < -0.39 is 22.6 Å². The first-order chi connectivity index (χ1) is 10.7. The lowest BCUT2D eigenvalue weighted by molar-refractivity contribution is -0.384. The van der Waals surface area contributed by atoms with Gasteiger partial charge in [0.2, 0.25) is 0 Å². The second kappa shape index (κ2) is 6.07. The molecule has 0 heterocycles. The van der Waals surface area contributed by atoms with Crippen LogP contribution in [0.25, 0.3) is 0 Å². The second-order valence-electron chi connectivity index (χ2n) is 4.79. The number of nitro benzene ring substituents is 1. The van der Waals surface area contributed by atoms with E-state index in [1.807, 2.05) is 0 Å². The number of rotatable bonds is 3. The molecular weight excluding hydrogens is 313 g/mol. The van der Waals surface area contributed by atoms with Crippen molar-refractivity contribution in [1.29, 1.82) is 0 Å². The molecule has 0 bridgehead atoms. The lowest BCUT2D eigenvalue weighted by Gasteiger charge is -2.10. The first-order valence-corrected chi connectivity index (χ1v) is 6.42. The number of halogens is 3. The summed E-state index contributed by atoms with van der Waals surface area (Å²) in [4.78, 5) is 22.2. The Morgan fingerprint density at radius 3 is 2.26 bits per heavy atom. The van der Waals surface area contributed by atoms with Crippen molar-refractivity contribution in [2.45, 2.75) is 13.1 Å². The molecule has 0 unspecified atom stereocenters. The van der Waals surface area contributed by atoms with Gasteiger partial charge >= 0.3 is 6.18 Å². The van der Waals surface area contributed by atoms with Crippen molar-refractivity contribution in [3.8, 4) is 0 Å². The molecule has 0 saturated heterocycles. The number of benzene rings is 2. The highest BCUT2D eigenvalue weighted by molar-refractivity contribution is 6.04. The molecule has 23 heavy (non-hydrogen) atoms. The molecule has 0 fully saturated rings. The molecule has 0 saturated carbocycles. The van der Waals surface area contributed by atoms with Crippen LogP contribution in [0.4, 0.5) is 24.5 Å². The van der Waals surface area contributed by atoms with Gasteiger partial charge in [-0.3, -0.25) is 14.9 Å². The van der Waals surface area contributed by atoms with Crippen LogP contribution in [0.15, 0.2) is 42.5 Å². The maximum atomic E-state index is 12.5. The standard InChI is InChI=1S/C15H11F3N2O3/c1-9-2-7-12(20(22)23)8-13(9)19-14(21)10-3-5-11(6-4-10)15(16,17)18/h2-8H,1H3,(H,19,21). The number of hydrogen-bond donors (Lipinski definition) is 1. The van der Waals surface area contributed by atoms with E-state index in [0.29, 0.717) is 5.56 Å². The number of nitrogens with one attached hydrogen (secondary N) is 1. The average Bonchev–Trinajstić information content (AvgIpc) is 2.48. The Hall–Kier alpha value is -2.90. The smallest absolute Gasteiger partial charge is 0.321 e. The summed E-state index contributed by atoms with van der Waals surface area (Å²) < 4.78 is 37.4. The highest BCUT2D eigenvalue weighted by Crippen LogP contribution is 2.29. The van der Waals surface area contributed by atoms with Crippen LogP contribution in [0.5, 0.6) is 0 Å². The van der Waals surface area contributed by atoms with E-state index in [-0.39, 0.29) is 16.9 Å². The Morgan fingerprint density at radius 1 is 1.13 bits per heavy atom. The predicted molar refractivity (Wildman–Crippen MR) is 77.2 cm³/mol. The monoisotopic (exact) mass is 324 g/mol. The molecule has 2 aromatic carbocycles. The zero-order valence-corrected chi connectivity index (χ0v) is 11.8. The van der Waals surface area contributed by atoms with E-state index in [4.69, 9.17) is 0 Å². The molecule has 0 aliphatic carbocycles. The summed E-state index contributed by atoms with van der Waals surface area (Å²) in [7, 11) is 0. The SMILES string of the molecule is Cc1ccc([N+](=O)[O-])cc1NC(=O)c1ccc(C(F)(F)F)cc1. The Kier molecular flexibility index (Phi) is 4.35. The number of carbonyl (C=O) groups is 1. The predicted octanol–water partition coefficient (Wildman–Crippen LogP) is 4.17. The summed E-state index contributed by atoms with van der Waals surface area (Å²) in [5.41, 5.74) is -0.220. The van der Waals surface area contributed by atoms with E-state index in [1.165, 1.54) is 18.2 Å². The summed E-state index contributed by atoms with van der Waals surface area (Å²) in [6, 6.07) is 7.65. The molecular formula is C15H11F3N2O3. The molecule has 1 amide bonds. The maximum absolute atomic E-state index is 12.5. The zero-order valence-electron chi connectivity index (χ0n) is 11.8. The molecule has 2 rings (SSSR count). The Morgan fingerprint density at radius 2 is 1.74 bits per heavy atom. The van der Waals surface area contributed by atoms with Gasteiger partial charge in [-0.15, -0.1) is 0 Å². The molecule has 0 radical (unpaired) electrons. The van der Waals surface area contributed by atoms with Gasteiger partial charge < -0.3 is 5.32 Å². The van der Waals surface area contributed by atoms with Crippen LogP contribution in [0.2, 0.25) is 0 Å². The van der Waals surface area contributed by atoms with Gasteiger partial charge in [-0.2, -0.15) is 13.2 Å². The van der Waals surface area contributed by atoms with Gasteiger partial charge in [-0.25, -0.2) is 0 Å². The highest BCUT2D eigenvalue weighted by Gasteiger charge is 2.30. The normalized spacial score (nSPS) is 11.1. The average molecular weight is 324 g/mol. The van der Waals surface area contributed by atoms with Crippen molar-refractivity contribution >= 4 is 17.3 Å². The Labute approximate surface area is 128 Å². The zero-order chi connectivity index (χ0) is 17.2. The quantitative estimate of drug-likeness (QED) is 0.680. The fourth-order valence-corrected chi connectivity index (χ4v) is 1.86. The molecule has 5 nitrogen and oxygen atoms in total. The molecule has 0 atom stereocenters. The molecule has 0 aromatic heterocycles. The van der Waals surface area contributed by atoms with Crippen molar-refractivity contribution in [1.82, 2.24) is 0 Å². The van der Waals surface area contributed by atoms with E-state index >= 15 is 0 Å². The maximum Gasteiger partial charge on any atom is 0.416 e. The number of hydrogen-bond acceptors (Lipinski definition) is 3. The number of nitro groups is 1. The Bertz CT molecular complexity index is 756. The molecule has 1 N–H and O–H groups in total. The topological polar surface area (TPSA) is 72.2 Å².